The van der Waals surface area contributed by atoms with Gasteiger partial charge < -0.3 is 26.1 Å². The SMILES string of the molecule is CC(=O)c1ccnc(-c2cc(C(=O)O)ccn2)c1.O=C(O)c1ccnc(-c2cc(C(=O)O)ccn2)c1.[N-]=C=S.[N-]=C=S.[Ru+2]. The Balaban J connectivity index is 0.000000680. The van der Waals surface area contributed by atoms with Crippen LogP contribution < -0.4 is 0 Å². The number of aromatic carboxylic acids is 3. The van der Waals surface area contributed by atoms with Crippen molar-refractivity contribution in [3.05, 3.63) is 106 Å². The quantitative estimate of drug-likeness (QED) is 0.105. The first-order chi connectivity index (χ1) is 20.0. The zero-order chi connectivity index (χ0) is 31.7. The molecule has 4 heterocycles. The molecule has 0 saturated carbocycles. The molecule has 0 aromatic carbocycles. The van der Waals surface area contributed by atoms with Crippen molar-refractivity contribution in [2.75, 3.05) is 0 Å². The average molecular weight is 704 g/mol. The third-order valence-corrected chi connectivity index (χ3v) is 4.71. The van der Waals surface area contributed by atoms with E-state index in [1.54, 1.807) is 12.1 Å². The maximum Gasteiger partial charge on any atom is 2.00 e. The van der Waals surface area contributed by atoms with E-state index in [1.807, 2.05) is 0 Å². The number of aromatic nitrogens is 4. The van der Waals surface area contributed by atoms with E-state index in [0.29, 0.717) is 28.3 Å². The molecular weight excluding hydrogens is 686 g/mol. The monoisotopic (exact) mass is 704 g/mol. The standard InChI is InChI=1S/C13H10N2O3.C12H8N2O4.2CNS.Ru/c1-8(16)9-2-4-14-11(6-9)12-7-10(13(17)18)3-5-15-12;15-11(16)7-1-3-13-9(5-7)10-6-8(12(17)18)2-4-14-10;2*2-1-3;/h2-7H,1H3,(H,17,18);1-6H,(H,15,16)(H,17,18);;;/q;;2*-1;+2. The normalized spacial score (nSPS) is 8.77. The van der Waals surface area contributed by atoms with Crippen molar-refractivity contribution in [3.63, 3.8) is 0 Å². The largest absolute Gasteiger partial charge is 2.00 e. The third kappa shape index (κ3) is 13.0. The van der Waals surface area contributed by atoms with Gasteiger partial charge in [-0.15, -0.1) is 0 Å². The van der Waals surface area contributed by atoms with E-state index in [0.717, 1.165) is 0 Å². The van der Waals surface area contributed by atoms with Crippen molar-refractivity contribution < 1.29 is 54.0 Å². The van der Waals surface area contributed by atoms with E-state index < -0.39 is 17.9 Å². The molecule has 16 heteroatoms. The number of nitrogens with zero attached hydrogens (tertiary/aromatic N) is 6. The first-order valence-electron chi connectivity index (χ1n) is 11.1. The minimum atomic E-state index is -1.08. The Kier molecular flexibility index (Phi) is 17.5. The summed E-state index contributed by atoms with van der Waals surface area (Å²) in [5.74, 6) is -3.25. The number of carboxylic acid groups (broad SMARTS) is 3. The summed E-state index contributed by atoms with van der Waals surface area (Å²) in [5, 5.41) is 43.5. The molecule has 0 aliphatic carbocycles. The van der Waals surface area contributed by atoms with Crippen LogP contribution in [0.3, 0.4) is 0 Å². The van der Waals surface area contributed by atoms with Crippen LogP contribution in [0, 0.1) is 0 Å². The summed E-state index contributed by atoms with van der Waals surface area (Å²) >= 11 is 7.40. The van der Waals surface area contributed by atoms with Crippen molar-refractivity contribution in [1.82, 2.24) is 19.9 Å². The number of Topliss-reactive ketones (excluding diaryl/α,β-unsaturated/α-hetero) is 1. The van der Waals surface area contributed by atoms with Gasteiger partial charge in [0.15, 0.2) is 5.78 Å². The van der Waals surface area contributed by atoms with Crippen molar-refractivity contribution in [2.45, 2.75) is 6.92 Å². The van der Waals surface area contributed by atoms with E-state index in [4.69, 9.17) is 26.1 Å². The van der Waals surface area contributed by atoms with E-state index in [-0.39, 0.29) is 42.0 Å². The summed E-state index contributed by atoms with van der Waals surface area (Å²) < 4.78 is 0. The molecule has 218 valence electrons. The molecule has 4 aromatic rings. The number of thiocarbonyl (C=S) groups is 2. The van der Waals surface area contributed by atoms with Crippen LogP contribution in [-0.2, 0) is 19.5 Å². The third-order valence-electron chi connectivity index (χ3n) is 4.71. The fraction of sp³-hybridized carbons (Fsp3) is 0.0370. The summed E-state index contributed by atoms with van der Waals surface area (Å²) in [6, 6.07) is 11.4. The molecule has 0 atom stereocenters. The Hall–Kier alpha value is -5.10. The number of carbonyl (C=O) groups excluding carboxylic acids is 1. The number of rotatable bonds is 6. The van der Waals surface area contributed by atoms with Crippen molar-refractivity contribution in [3.8, 4) is 22.8 Å². The van der Waals surface area contributed by atoms with Gasteiger partial charge in [-0.2, -0.15) is 10.3 Å². The molecule has 3 N–H and O–H groups in total. The van der Waals surface area contributed by atoms with Gasteiger partial charge in [-0.05, 0) is 55.5 Å². The van der Waals surface area contributed by atoms with Crippen molar-refractivity contribution >= 4 is 58.4 Å². The van der Waals surface area contributed by atoms with Crippen molar-refractivity contribution in [1.29, 1.82) is 0 Å². The van der Waals surface area contributed by atoms with Gasteiger partial charge in [0.2, 0.25) is 0 Å². The maximum atomic E-state index is 11.3. The van der Waals surface area contributed by atoms with Gasteiger partial charge >= 0.3 is 37.4 Å². The number of carbonyl (C=O) groups is 4. The van der Waals surface area contributed by atoms with Crippen LogP contribution in [0.2, 0.25) is 0 Å². The summed E-state index contributed by atoms with van der Waals surface area (Å²) in [6.07, 6.45) is 5.59. The van der Waals surface area contributed by atoms with Crippen molar-refractivity contribution in [2.24, 2.45) is 0 Å². The van der Waals surface area contributed by atoms with Crippen LogP contribution in [-0.4, -0.2) is 69.3 Å². The summed E-state index contributed by atoms with van der Waals surface area (Å²) in [5.41, 5.74) is 2.34. The average Bonchev–Trinajstić information content (AvgIpc) is 2.98. The second-order valence-electron chi connectivity index (χ2n) is 7.37. The van der Waals surface area contributed by atoms with Gasteiger partial charge in [0.05, 0.1) is 39.5 Å². The molecule has 0 fully saturated rings. The second kappa shape index (κ2) is 19.9. The molecule has 0 unspecified atom stereocenters. The Morgan fingerprint density at radius 1 is 0.581 bits per heavy atom. The fourth-order valence-corrected chi connectivity index (χ4v) is 2.90. The summed E-state index contributed by atoms with van der Waals surface area (Å²) in [7, 11) is 0. The number of hydrogen-bond acceptors (Lipinski definition) is 10. The number of isothiocyanates is 2. The van der Waals surface area contributed by atoms with Crippen LogP contribution in [0.15, 0.2) is 73.3 Å². The Labute approximate surface area is 267 Å². The topological polar surface area (TPSA) is 225 Å². The smallest absolute Gasteiger partial charge is 0.753 e. The fourth-order valence-electron chi connectivity index (χ4n) is 2.90. The Bertz CT molecular complexity index is 1440. The minimum absolute atomic E-state index is 0. The molecule has 0 aliphatic rings. The molecule has 0 spiro atoms. The molecule has 0 radical (unpaired) electrons. The van der Waals surface area contributed by atoms with Gasteiger partial charge in [-0.25, -0.2) is 14.4 Å². The minimum Gasteiger partial charge on any atom is -0.753 e. The molecule has 0 amide bonds. The molecule has 13 nitrogen and oxygen atoms in total. The Morgan fingerprint density at radius 2 is 0.791 bits per heavy atom. The molecule has 4 aromatic heterocycles. The summed E-state index contributed by atoms with van der Waals surface area (Å²) in [4.78, 5) is 59.8. The maximum absolute atomic E-state index is 11.3. The van der Waals surface area contributed by atoms with Gasteiger partial charge in [0.25, 0.3) is 0 Å². The van der Waals surface area contributed by atoms with Crippen LogP contribution >= 0.6 is 24.4 Å². The number of carboxylic acids is 3. The predicted octanol–water partition coefficient (Wildman–Crippen LogP) is 4.90. The van der Waals surface area contributed by atoms with Crippen LogP contribution in [0.4, 0.5) is 0 Å². The van der Waals surface area contributed by atoms with Gasteiger partial charge in [0.1, 0.15) is 0 Å². The van der Waals surface area contributed by atoms with E-state index in [2.05, 4.69) is 44.4 Å². The predicted molar refractivity (Wildman–Crippen MR) is 158 cm³/mol. The molecule has 0 bridgehead atoms. The number of ketones is 1. The molecule has 43 heavy (non-hydrogen) atoms. The zero-order valence-corrected chi connectivity index (χ0v) is 25.1. The number of hydrogen-bond donors (Lipinski definition) is 3. The molecular formula is C27H18N6O7RuS2. The number of pyridine rings is 4. The molecule has 4 rings (SSSR count). The first-order valence-corrected chi connectivity index (χ1v) is 11.9. The molecule has 0 saturated heterocycles. The van der Waals surface area contributed by atoms with E-state index >= 15 is 0 Å². The second-order valence-corrected chi connectivity index (χ2v) is 7.74. The van der Waals surface area contributed by atoms with Crippen LogP contribution in [0.1, 0.15) is 48.4 Å². The van der Waals surface area contributed by atoms with Gasteiger partial charge in [0, 0.05) is 30.4 Å². The zero-order valence-electron chi connectivity index (χ0n) is 21.8. The first kappa shape index (κ1) is 37.9. The molecule has 0 aliphatic heterocycles. The Morgan fingerprint density at radius 3 is 1.00 bits per heavy atom. The summed E-state index contributed by atoms with van der Waals surface area (Å²) in [6.45, 7) is 1.46. The van der Waals surface area contributed by atoms with Gasteiger partial charge in [-0.3, -0.25) is 24.7 Å². The van der Waals surface area contributed by atoms with E-state index in [9.17, 15) is 19.2 Å². The van der Waals surface area contributed by atoms with E-state index in [1.165, 1.54) is 78.4 Å². The van der Waals surface area contributed by atoms with Crippen LogP contribution in [0.25, 0.3) is 33.6 Å². The van der Waals surface area contributed by atoms with Gasteiger partial charge in [-0.1, -0.05) is 24.4 Å². The van der Waals surface area contributed by atoms with Crippen LogP contribution in [0.5, 0.6) is 0 Å².